The van der Waals surface area contributed by atoms with Crippen LogP contribution >= 0.6 is 0 Å². The Hall–Kier alpha value is -2.29. The van der Waals surface area contributed by atoms with Gasteiger partial charge in [-0.3, -0.25) is 0 Å². The number of rotatable bonds is 3. The predicted octanol–water partition coefficient (Wildman–Crippen LogP) is 3.83. The minimum absolute atomic E-state index is 0.335. The fourth-order valence-electron chi connectivity index (χ4n) is 1.84. The van der Waals surface area contributed by atoms with Crippen LogP contribution in [0.15, 0.2) is 42.5 Å². The first-order chi connectivity index (χ1) is 9.10. The van der Waals surface area contributed by atoms with E-state index < -0.39 is 0 Å². The summed E-state index contributed by atoms with van der Waals surface area (Å²) in [4.78, 5) is 11.8. The maximum Gasteiger partial charge on any atom is 0.339 e. The lowest BCUT2D eigenvalue weighted by atomic mass is 10.1. The van der Waals surface area contributed by atoms with Crippen LogP contribution in [0.1, 0.15) is 21.5 Å². The van der Waals surface area contributed by atoms with Crippen molar-refractivity contribution in [3.63, 3.8) is 0 Å². The third kappa shape index (κ3) is 3.13. The van der Waals surface area contributed by atoms with E-state index in [4.69, 9.17) is 4.74 Å². The third-order valence-corrected chi connectivity index (χ3v) is 2.91. The summed E-state index contributed by atoms with van der Waals surface area (Å²) in [6.07, 6.45) is 0. The molecule has 0 aliphatic carbocycles. The monoisotopic (exact) mass is 255 g/mol. The van der Waals surface area contributed by atoms with Crippen molar-refractivity contribution in [1.82, 2.24) is 0 Å². The molecule has 0 amide bonds. The smallest absolute Gasteiger partial charge is 0.339 e. The molecular weight excluding hydrogens is 238 g/mol. The van der Waals surface area contributed by atoms with Crippen LogP contribution in [0.4, 0.5) is 11.4 Å². The molecule has 0 radical (unpaired) electrons. The maximum atomic E-state index is 11.8. The highest BCUT2D eigenvalue weighted by Gasteiger charge is 2.12. The SMILES string of the molecule is COC(=O)c1cc(C)ccc1Nc1ccc(C)cc1. The number of anilines is 2. The number of methoxy groups -OCH3 is 1. The Kier molecular flexibility index (Phi) is 3.85. The Bertz CT molecular complexity index is 588. The van der Waals surface area contributed by atoms with E-state index in [2.05, 4.69) is 5.32 Å². The van der Waals surface area contributed by atoms with Gasteiger partial charge in [-0.15, -0.1) is 0 Å². The summed E-state index contributed by atoms with van der Waals surface area (Å²) in [6.45, 7) is 3.98. The van der Waals surface area contributed by atoms with Gasteiger partial charge in [0.25, 0.3) is 0 Å². The van der Waals surface area contributed by atoms with Crippen molar-refractivity contribution < 1.29 is 9.53 Å². The van der Waals surface area contributed by atoms with Crippen LogP contribution < -0.4 is 5.32 Å². The van der Waals surface area contributed by atoms with Gasteiger partial charge < -0.3 is 10.1 Å². The molecule has 0 aliphatic rings. The molecule has 3 heteroatoms. The molecular formula is C16H17NO2. The van der Waals surface area contributed by atoms with Crippen LogP contribution in [0.2, 0.25) is 0 Å². The number of ether oxygens (including phenoxy) is 1. The van der Waals surface area contributed by atoms with Gasteiger partial charge in [-0.25, -0.2) is 4.79 Å². The standard InChI is InChI=1S/C16H17NO2/c1-11-4-7-13(8-5-11)17-15-9-6-12(2)10-14(15)16(18)19-3/h4-10,17H,1-3H3. The molecule has 0 aliphatic heterocycles. The summed E-state index contributed by atoms with van der Waals surface area (Å²) >= 11 is 0. The number of aryl methyl sites for hydroxylation is 2. The van der Waals surface area contributed by atoms with E-state index in [0.717, 1.165) is 16.9 Å². The van der Waals surface area contributed by atoms with Gasteiger partial charge >= 0.3 is 5.97 Å². The molecule has 3 nitrogen and oxygen atoms in total. The van der Waals surface area contributed by atoms with Crippen LogP contribution in [-0.2, 0) is 4.74 Å². The molecule has 0 saturated heterocycles. The first kappa shape index (κ1) is 13.1. The average molecular weight is 255 g/mol. The van der Waals surface area contributed by atoms with E-state index in [1.807, 2.05) is 56.3 Å². The second kappa shape index (κ2) is 5.57. The minimum atomic E-state index is -0.335. The van der Waals surface area contributed by atoms with Crippen molar-refractivity contribution in [2.45, 2.75) is 13.8 Å². The average Bonchev–Trinajstić information content (AvgIpc) is 2.42. The lowest BCUT2D eigenvalue weighted by Crippen LogP contribution is -2.06. The molecule has 0 spiro atoms. The topological polar surface area (TPSA) is 38.3 Å². The molecule has 2 rings (SSSR count). The summed E-state index contributed by atoms with van der Waals surface area (Å²) < 4.78 is 4.81. The third-order valence-electron chi connectivity index (χ3n) is 2.91. The Morgan fingerprint density at radius 2 is 1.63 bits per heavy atom. The highest BCUT2D eigenvalue weighted by Crippen LogP contribution is 2.23. The van der Waals surface area contributed by atoms with Crippen molar-refractivity contribution in [3.05, 3.63) is 59.2 Å². The van der Waals surface area contributed by atoms with Crippen molar-refractivity contribution in [2.75, 3.05) is 12.4 Å². The Morgan fingerprint density at radius 1 is 1.00 bits per heavy atom. The number of hydrogen-bond acceptors (Lipinski definition) is 3. The van der Waals surface area contributed by atoms with Gasteiger partial charge in [0.15, 0.2) is 0 Å². The van der Waals surface area contributed by atoms with Gasteiger partial charge in [-0.2, -0.15) is 0 Å². The Morgan fingerprint density at radius 3 is 2.26 bits per heavy atom. The minimum Gasteiger partial charge on any atom is -0.465 e. The molecule has 19 heavy (non-hydrogen) atoms. The quantitative estimate of drug-likeness (QED) is 0.847. The molecule has 98 valence electrons. The molecule has 0 aromatic heterocycles. The summed E-state index contributed by atoms with van der Waals surface area (Å²) in [7, 11) is 1.39. The van der Waals surface area contributed by atoms with Gasteiger partial charge in [-0.1, -0.05) is 29.3 Å². The highest BCUT2D eigenvalue weighted by molar-refractivity contribution is 5.96. The summed E-state index contributed by atoms with van der Waals surface area (Å²) in [5, 5.41) is 3.24. The first-order valence-corrected chi connectivity index (χ1v) is 6.13. The molecule has 2 aromatic carbocycles. The van der Waals surface area contributed by atoms with Crippen LogP contribution in [0.3, 0.4) is 0 Å². The number of hydrogen-bond donors (Lipinski definition) is 1. The van der Waals surface area contributed by atoms with Gasteiger partial charge in [0, 0.05) is 5.69 Å². The maximum absolute atomic E-state index is 11.8. The van der Waals surface area contributed by atoms with E-state index in [-0.39, 0.29) is 5.97 Å². The van der Waals surface area contributed by atoms with Gasteiger partial charge in [0.2, 0.25) is 0 Å². The molecule has 0 unspecified atom stereocenters. The zero-order chi connectivity index (χ0) is 13.8. The van der Waals surface area contributed by atoms with E-state index in [0.29, 0.717) is 5.56 Å². The zero-order valence-corrected chi connectivity index (χ0v) is 11.4. The Balaban J connectivity index is 2.34. The highest BCUT2D eigenvalue weighted by atomic mass is 16.5. The van der Waals surface area contributed by atoms with Crippen LogP contribution in [-0.4, -0.2) is 13.1 Å². The van der Waals surface area contributed by atoms with Gasteiger partial charge in [0.05, 0.1) is 18.4 Å². The molecule has 2 aromatic rings. The van der Waals surface area contributed by atoms with Crippen molar-refractivity contribution in [2.24, 2.45) is 0 Å². The van der Waals surface area contributed by atoms with Crippen LogP contribution in [0.25, 0.3) is 0 Å². The number of esters is 1. The fraction of sp³-hybridized carbons (Fsp3) is 0.188. The normalized spacial score (nSPS) is 10.1. The van der Waals surface area contributed by atoms with E-state index >= 15 is 0 Å². The second-order valence-corrected chi connectivity index (χ2v) is 4.53. The summed E-state index contributed by atoms with van der Waals surface area (Å²) in [5.74, 6) is -0.335. The molecule has 0 heterocycles. The van der Waals surface area contributed by atoms with Crippen LogP contribution in [0.5, 0.6) is 0 Å². The molecule has 0 saturated carbocycles. The van der Waals surface area contributed by atoms with E-state index in [1.165, 1.54) is 12.7 Å². The van der Waals surface area contributed by atoms with Gasteiger partial charge in [-0.05, 0) is 38.1 Å². The number of carbonyl (C=O) groups excluding carboxylic acids is 1. The first-order valence-electron chi connectivity index (χ1n) is 6.13. The zero-order valence-electron chi connectivity index (χ0n) is 11.4. The van der Waals surface area contributed by atoms with E-state index in [1.54, 1.807) is 0 Å². The second-order valence-electron chi connectivity index (χ2n) is 4.53. The number of nitrogens with one attached hydrogen (secondary N) is 1. The summed E-state index contributed by atoms with van der Waals surface area (Å²) in [5.41, 5.74) is 4.46. The molecule has 0 atom stereocenters. The number of benzene rings is 2. The van der Waals surface area contributed by atoms with Crippen molar-refractivity contribution in [1.29, 1.82) is 0 Å². The molecule has 0 fully saturated rings. The largest absolute Gasteiger partial charge is 0.465 e. The van der Waals surface area contributed by atoms with E-state index in [9.17, 15) is 4.79 Å². The van der Waals surface area contributed by atoms with Crippen molar-refractivity contribution in [3.8, 4) is 0 Å². The molecule has 0 bridgehead atoms. The van der Waals surface area contributed by atoms with Gasteiger partial charge in [0.1, 0.15) is 0 Å². The lowest BCUT2D eigenvalue weighted by Gasteiger charge is -2.11. The predicted molar refractivity (Wildman–Crippen MR) is 77.0 cm³/mol. The number of carbonyl (C=O) groups is 1. The van der Waals surface area contributed by atoms with Crippen molar-refractivity contribution >= 4 is 17.3 Å². The van der Waals surface area contributed by atoms with Crippen LogP contribution in [0, 0.1) is 13.8 Å². The summed E-state index contributed by atoms with van der Waals surface area (Å²) in [6, 6.07) is 13.7. The molecule has 1 N–H and O–H groups in total. The Labute approximate surface area is 113 Å². The fourth-order valence-corrected chi connectivity index (χ4v) is 1.84. The lowest BCUT2D eigenvalue weighted by molar-refractivity contribution is 0.0602.